The van der Waals surface area contributed by atoms with E-state index in [9.17, 15) is 4.79 Å². The van der Waals surface area contributed by atoms with Gasteiger partial charge in [0.1, 0.15) is 5.52 Å². The molecule has 134 valence electrons. The number of hydrogen-bond donors (Lipinski definition) is 2. The summed E-state index contributed by atoms with van der Waals surface area (Å²) in [7, 11) is 0. The van der Waals surface area contributed by atoms with Crippen LogP contribution in [0.2, 0.25) is 0 Å². The zero-order valence-corrected chi connectivity index (χ0v) is 14.9. The third-order valence-electron chi connectivity index (χ3n) is 5.74. The van der Waals surface area contributed by atoms with E-state index in [-0.39, 0.29) is 5.91 Å². The van der Waals surface area contributed by atoms with E-state index in [0.717, 1.165) is 36.8 Å². The highest BCUT2D eigenvalue weighted by Gasteiger charge is 2.35. The zero-order valence-electron chi connectivity index (χ0n) is 14.9. The van der Waals surface area contributed by atoms with E-state index in [1.807, 2.05) is 29.2 Å². The minimum Gasteiger partial charge on any atom is -0.350 e. The topological polar surface area (TPSA) is 70.4 Å². The number of fused-ring (bicyclic) bond motifs is 1. The molecule has 6 heteroatoms. The van der Waals surface area contributed by atoms with Crippen LogP contribution in [0.4, 0.5) is 0 Å². The van der Waals surface area contributed by atoms with Crippen LogP contribution >= 0.6 is 0 Å². The van der Waals surface area contributed by atoms with Crippen molar-refractivity contribution in [2.75, 3.05) is 13.1 Å². The van der Waals surface area contributed by atoms with Crippen LogP contribution in [0, 0.1) is 11.8 Å². The van der Waals surface area contributed by atoms with Gasteiger partial charge < -0.3 is 9.42 Å². The van der Waals surface area contributed by atoms with Crippen LogP contribution in [0.5, 0.6) is 0 Å². The molecule has 2 aliphatic heterocycles. The van der Waals surface area contributed by atoms with Gasteiger partial charge >= 0.3 is 0 Å². The molecule has 2 atom stereocenters. The van der Waals surface area contributed by atoms with Gasteiger partial charge in [0, 0.05) is 25.2 Å². The quantitative estimate of drug-likeness (QED) is 0.897. The van der Waals surface area contributed by atoms with Crippen LogP contribution in [0.3, 0.4) is 0 Å². The molecule has 3 heterocycles. The molecule has 1 amide bonds. The van der Waals surface area contributed by atoms with Gasteiger partial charge in [-0.1, -0.05) is 31.1 Å². The molecule has 2 saturated heterocycles. The van der Waals surface area contributed by atoms with E-state index < -0.39 is 0 Å². The number of hydrazine groups is 1. The van der Waals surface area contributed by atoms with Crippen molar-refractivity contribution in [3.05, 3.63) is 30.0 Å². The molecule has 1 aromatic carbocycles. The minimum atomic E-state index is -0.0373. The van der Waals surface area contributed by atoms with Crippen LogP contribution < -0.4 is 10.9 Å². The number of rotatable bonds is 3. The number of benzene rings is 1. The van der Waals surface area contributed by atoms with Gasteiger partial charge in [-0.2, -0.15) is 0 Å². The van der Waals surface area contributed by atoms with Crippen molar-refractivity contribution in [2.45, 2.75) is 45.2 Å². The van der Waals surface area contributed by atoms with Crippen molar-refractivity contribution in [3.8, 4) is 0 Å². The van der Waals surface area contributed by atoms with E-state index >= 15 is 0 Å². The van der Waals surface area contributed by atoms with Crippen molar-refractivity contribution in [1.82, 2.24) is 20.9 Å². The average molecular weight is 342 g/mol. The monoisotopic (exact) mass is 342 g/mol. The smallest absolute Gasteiger partial charge is 0.293 e. The first-order valence-electron chi connectivity index (χ1n) is 9.28. The fourth-order valence-electron chi connectivity index (χ4n) is 4.05. The second-order valence-corrected chi connectivity index (χ2v) is 7.64. The fraction of sp³-hybridized carbons (Fsp3) is 0.579. The molecule has 4 rings (SSSR count). The van der Waals surface area contributed by atoms with Gasteiger partial charge in [-0.15, -0.1) is 0 Å². The first-order chi connectivity index (χ1) is 12.1. The van der Waals surface area contributed by atoms with E-state index in [0.29, 0.717) is 29.7 Å². The Kier molecular flexibility index (Phi) is 4.48. The third kappa shape index (κ3) is 3.16. The number of amides is 1. The number of carbonyl (C=O) groups excluding carboxylic acids is 1. The number of nitrogens with zero attached hydrogens (tertiary/aromatic N) is 2. The Labute approximate surface area is 147 Å². The van der Waals surface area contributed by atoms with Crippen molar-refractivity contribution in [1.29, 1.82) is 0 Å². The van der Waals surface area contributed by atoms with E-state index in [2.05, 4.69) is 29.9 Å². The van der Waals surface area contributed by atoms with Gasteiger partial charge in [0.2, 0.25) is 5.76 Å². The Morgan fingerprint density at radius 2 is 2.00 bits per heavy atom. The molecule has 1 aromatic heterocycles. The lowest BCUT2D eigenvalue weighted by molar-refractivity contribution is 0.0634. The molecule has 2 aliphatic rings. The molecule has 25 heavy (non-hydrogen) atoms. The Morgan fingerprint density at radius 3 is 2.72 bits per heavy atom. The minimum absolute atomic E-state index is 0.0373. The van der Waals surface area contributed by atoms with Crippen molar-refractivity contribution in [3.63, 3.8) is 0 Å². The van der Waals surface area contributed by atoms with Crippen molar-refractivity contribution < 1.29 is 9.32 Å². The van der Waals surface area contributed by atoms with Gasteiger partial charge in [-0.05, 0) is 43.2 Å². The fourth-order valence-corrected chi connectivity index (χ4v) is 4.05. The van der Waals surface area contributed by atoms with Crippen LogP contribution in [0.25, 0.3) is 10.9 Å². The van der Waals surface area contributed by atoms with Crippen LogP contribution in [-0.2, 0) is 0 Å². The summed E-state index contributed by atoms with van der Waals surface area (Å²) >= 11 is 0. The predicted molar refractivity (Wildman–Crippen MR) is 95.9 cm³/mol. The number of hydrogen-bond acceptors (Lipinski definition) is 5. The first kappa shape index (κ1) is 16.5. The van der Waals surface area contributed by atoms with Crippen molar-refractivity contribution in [2.24, 2.45) is 11.8 Å². The van der Waals surface area contributed by atoms with Gasteiger partial charge in [-0.25, -0.2) is 0 Å². The maximum absolute atomic E-state index is 12.8. The normalized spacial score (nSPS) is 25.2. The Balaban J connectivity index is 1.38. The molecule has 6 nitrogen and oxygen atoms in total. The predicted octanol–water partition coefficient (Wildman–Crippen LogP) is 2.57. The lowest BCUT2D eigenvalue weighted by Gasteiger charge is -2.34. The highest BCUT2D eigenvalue weighted by atomic mass is 16.5. The molecule has 0 bridgehead atoms. The molecule has 0 saturated carbocycles. The van der Waals surface area contributed by atoms with Gasteiger partial charge in [-0.3, -0.25) is 15.6 Å². The molecular formula is C19H26N4O2. The first-order valence-corrected chi connectivity index (χ1v) is 9.28. The molecular weight excluding hydrogens is 316 g/mol. The Hall–Kier alpha value is -1.92. The van der Waals surface area contributed by atoms with Gasteiger partial charge in [0.15, 0.2) is 0 Å². The lowest BCUT2D eigenvalue weighted by atomic mass is 9.85. The molecule has 0 spiro atoms. The number of carbonyl (C=O) groups is 1. The summed E-state index contributed by atoms with van der Waals surface area (Å²) in [6.07, 6.45) is 3.23. The van der Waals surface area contributed by atoms with Crippen molar-refractivity contribution >= 4 is 16.8 Å². The molecule has 0 radical (unpaired) electrons. The molecule has 0 aliphatic carbocycles. The Bertz CT molecular complexity index is 749. The summed E-state index contributed by atoms with van der Waals surface area (Å²) in [6, 6.07) is 8.63. The van der Waals surface area contributed by atoms with Gasteiger partial charge in [0.05, 0.1) is 5.39 Å². The second-order valence-electron chi connectivity index (χ2n) is 7.64. The maximum Gasteiger partial charge on any atom is 0.293 e. The highest BCUT2D eigenvalue weighted by molar-refractivity contribution is 6.03. The van der Waals surface area contributed by atoms with Crippen LogP contribution in [0.1, 0.15) is 43.7 Å². The largest absolute Gasteiger partial charge is 0.350 e. The average Bonchev–Trinajstić information content (AvgIpc) is 3.29. The summed E-state index contributed by atoms with van der Waals surface area (Å²) in [4.78, 5) is 14.7. The number of piperidine rings is 1. The summed E-state index contributed by atoms with van der Waals surface area (Å²) in [6.45, 7) is 6.07. The van der Waals surface area contributed by atoms with E-state index in [1.54, 1.807) is 0 Å². The summed E-state index contributed by atoms with van der Waals surface area (Å²) in [5, 5.41) is 4.80. The molecule has 2 aromatic rings. The second kappa shape index (κ2) is 6.77. The summed E-state index contributed by atoms with van der Waals surface area (Å²) < 4.78 is 5.33. The lowest BCUT2D eigenvalue weighted by Crippen LogP contribution is -2.44. The summed E-state index contributed by atoms with van der Waals surface area (Å²) in [5.41, 5.74) is 7.64. The maximum atomic E-state index is 12.8. The third-order valence-corrected chi connectivity index (χ3v) is 5.74. The van der Waals surface area contributed by atoms with Crippen LogP contribution in [0.15, 0.2) is 28.8 Å². The number of likely N-dealkylation sites (tertiary alicyclic amines) is 1. The van der Waals surface area contributed by atoms with E-state index in [4.69, 9.17) is 4.52 Å². The number of nitrogens with one attached hydrogen (secondary N) is 2. The van der Waals surface area contributed by atoms with Crippen LogP contribution in [-0.4, -0.2) is 41.1 Å². The van der Waals surface area contributed by atoms with E-state index in [1.165, 1.54) is 6.42 Å². The number of aromatic nitrogens is 1. The molecule has 2 fully saturated rings. The summed E-state index contributed by atoms with van der Waals surface area (Å²) in [5.74, 6) is 1.59. The SMILES string of the molecule is CC(C)C1CC(C2CCN(C(=O)c3onc4ccccc34)CC2)NN1. The van der Waals surface area contributed by atoms with Gasteiger partial charge in [0.25, 0.3) is 5.91 Å². The molecule has 2 N–H and O–H groups in total. The zero-order chi connectivity index (χ0) is 17.4. The Morgan fingerprint density at radius 1 is 1.24 bits per heavy atom. The standard InChI is InChI=1S/C19H26N4O2/c1-12(2)16-11-17(21-20-16)13-7-9-23(10-8-13)19(24)18-14-5-3-4-6-15(14)22-25-18/h3-6,12-13,16-17,20-21H,7-11H2,1-2H3. The molecule has 2 unspecified atom stereocenters. The highest BCUT2D eigenvalue weighted by Crippen LogP contribution is 2.28.